The molecular formula is C18H24N4O2. The van der Waals surface area contributed by atoms with E-state index < -0.39 is 0 Å². The summed E-state index contributed by atoms with van der Waals surface area (Å²) in [4.78, 5) is 16.9. The van der Waals surface area contributed by atoms with Crippen molar-refractivity contribution in [2.75, 3.05) is 6.61 Å². The fourth-order valence-corrected chi connectivity index (χ4v) is 3.07. The molecule has 3 atom stereocenters. The summed E-state index contributed by atoms with van der Waals surface area (Å²) >= 11 is 0. The van der Waals surface area contributed by atoms with Crippen LogP contribution in [0, 0.1) is 0 Å². The predicted octanol–water partition coefficient (Wildman–Crippen LogP) is 2.38. The van der Waals surface area contributed by atoms with Crippen LogP contribution in [0.4, 0.5) is 4.79 Å². The van der Waals surface area contributed by atoms with Gasteiger partial charge in [-0.25, -0.2) is 9.78 Å². The summed E-state index contributed by atoms with van der Waals surface area (Å²) in [6, 6.07) is 9.31. The molecule has 0 radical (unpaired) electrons. The SMILES string of the molecule is C[C@H](NC(=O)N[C@H](c1ccccc1)c1nccn1C)[C@@H]1CCCO1. The molecule has 0 unspecified atom stereocenters. The maximum Gasteiger partial charge on any atom is 0.315 e. The van der Waals surface area contributed by atoms with Crippen molar-refractivity contribution in [3.8, 4) is 0 Å². The molecule has 2 N–H and O–H groups in total. The second kappa shape index (κ2) is 7.49. The molecule has 1 saturated heterocycles. The zero-order chi connectivity index (χ0) is 16.9. The quantitative estimate of drug-likeness (QED) is 0.885. The molecule has 2 amide bonds. The lowest BCUT2D eigenvalue weighted by Gasteiger charge is -2.23. The first-order chi connectivity index (χ1) is 11.6. The molecule has 1 fully saturated rings. The van der Waals surface area contributed by atoms with Gasteiger partial charge in [0.05, 0.1) is 12.1 Å². The van der Waals surface area contributed by atoms with E-state index in [2.05, 4.69) is 15.6 Å². The highest BCUT2D eigenvalue weighted by atomic mass is 16.5. The standard InChI is InChI=1S/C18H24N4O2/c1-13(15-9-6-12-24-15)20-18(23)21-16(14-7-4-3-5-8-14)17-19-10-11-22(17)2/h3-5,7-8,10-11,13,15-16H,6,9,12H2,1-2H3,(H2,20,21,23)/t13-,15-,16+/m0/s1. The summed E-state index contributed by atoms with van der Waals surface area (Å²) in [6.07, 6.45) is 5.75. The molecule has 3 rings (SSSR count). The molecule has 0 aliphatic carbocycles. The number of hydrogen-bond acceptors (Lipinski definition) is 3. The van der Waals surface area contributed by atoms with Gasteiger partial charge in [-0.3, -0.25) is 0 Å². The molecule has 24 heavy (non-hydrogen) atoms. The van der Waals surface area contributed by atoms with Crippen molar-refractivity contribution in [3.05, 3.63) is 54.1 Å². The molecule has 1 aliphatic rings. The molecule has 0 saturated carbocycles. The van der Waals surface area contributed by atoms with Crippen LogP contribution in [-0.4, -0.2) is 34.3 Å². The largest absolute Gasteiger partial charge is 0.376 e. The first-order valence-corrected chi connectivity index (χ1v) is 8.36. The third kappa shape index (κ3) is 3.76. The highest BCUT2D eigenvalue weighted by Gasteiger charge is 2.26. The number of urea groups is 1. The normalized spacial score (nSPS) is 19.7. The monoisotopic (exact) mass is 328 g/mol. The van der Waals surface area contributed by atoms with E-state index in [0.29, 0.717) is 0 Å². The molecule has 2 aromatic rings. The van der Waals surface area contributed by atoms with E-state index in [1.807, 2.05) is 55.1 Å². The van der Waals surface area contributed by atoms with Gasteiger partial charge in [-0.1, -0.05) is 30.3 Å². The van der Waals surface area contributed by atoms with Crippen molar-refractivity contribution in [1.29, 1.82) is 0 Å². The first kappa shape index (κ1) is 16.5. The Balaban J connectivity index is 1.72. The molecule has 1 aromatic carbocycles. The molecule has 2 heterocycles. The van der Waals surface area contributed by atoms with Gasteiger partial charge in [-0.2, -0.15) is 0 Å². The van der Waals surface area contributed by atoms with E-state index >= 15 is 0 Å². The number of nitrogens with one attached hydrogen (secondary N) is 2. The zero-order valence-corrected chi connectivity index (χ0v) is 14.1. The molecule has 0 bridgehead atoms. The van der Waals surface area contributed by atoms with Gasteiger partial charge in [-0.15, -0.1) is 0 Å². The number of nitrogens with zero attached hydrogens (tertiary/aromatic N) is 2. The molecule has 1 aromatic heterocycles. The van der Waals surface area contributed by atoms with Crippen molar-refractivity contribution in [2.24, 2.45) is 7.05 Å². The second-order valence-corrected chi connectivity index (χ2v) is 6.20. The van der Waals surface area contributed by atoms with E-state index in [4.69, 9.17) is 4.74 Å². The van der Waals surface area contributed by atoms with E-state index in [1.165, 1.54) is 0 Å². The summed E-state index contributed by atoms with van der Waals surface area (Å²) in [7, 11) is 1.92. The number of aryl methyl sites for hydroxylation is 1. The van der Waals surface area contributed by atoms with E-state index in [0.717, 1.165) is 30.8 Å². The molecule has 0 spiro atoms. The van der Waals surface area contributed by atoms with E-state index in [9.17, 15) is 4.79 Å². The van der Waals surface area contributed by atoms with Crippen LogP contribution in [0.15, 0.2) is 42.7 Å². The second-order valence-electron chi connectivity index (χ2n) is 6.20. The van der Waals surface area contributed by atoms with Gasteiger partial charge >= 0.3 is 6.03 Å². The van der Waals surface area contributed by atoms with Crippen molar-refractivity contribution in [1.82, 2.24) is 20.2 Å². The fraction of sp³-hybridized carbons (Fsp3) is 0.444. The number of amides is 2. The lowest BCUT2D eigenvalue weighted by molar-refractivity contribution is 0.0859. The van der Waals surface area contributed by atoms with Crippen LogP contribution in [0.5, 0.6) is 0 Å². The Morgan fingerprint density at radius 2 is 2.12 bits per heavy atom. The third-order valence-electron chi connectivity index (χ3n) is 4.41. The lowest BCUT2D eigenvalue weighted by Crippen LogP contribution is -2.47. The van der Waals surface area contributed by atoms with Crippen LogP contribution >= 0.6 is 0 Å². The van der Waals surface area contributed by atoms with Gasteiger partial charge < -0.3 is 19.9 Å². The summed E-state index contributed by atoms with van der Waals surface area (Å²) in [6.45, 7) is 2.76. The van der Waals surface area contributed by atoms with Crippen molar-refractivity contribution < 1.29 is 9.53 Å². The number of ether oxygens (including phenoxy) is 1. The maximum absolute atomic E-state index is 12.5. The first-order valence-electron chi connectivity index (χ1n) is 8.36. The summed E-state index contributed by atoms with van der Waals surface area (Å²) in [5.41, 5.74) is 0.992. The number of rotatable bonds is 5. The van der Waals surface area contributed by atoms with Gasteiger partial charge in [0.1, 0.15) is 11.9 Å². The third-order valence-corrected chi connectivity index (χ3v) is 4.41. The number of hydrogen-bond donors (Lipinski definition) is 2. The van der Waals surface area contributed by atoms with E-state index in [1.54, 1.807) is 6.20 Å². The molecule has 1 aliphatic heterocycles. The Hall–Kier alpha value is -2.34. The van der Waals surface area contributed by atoms with Crippen molar-refractivity contribution in [3.63, 3.8) is 0 Å². The fourth-order valence-electron chi connectivity index (χ4n) is 3.07. The Labute approximate surface area is 142 Å². The Morgan fingerprint density at radius 3 is 2.75 bits per heavy atom. The number of aromatic nitrogens is 2. The number of carbonyl (C=O) groups is 1. The Morgan fingerprint density at radius 1 is 1.33 bits per heavy atom. The van der Waals surface area contributed by atoms with Gasteiger partial charge in [-0.05, 0) is 25.3 Å². The minimum atomic E-state index is -0.303. The number of carbonyl (C=O) groups excluding carboxylic acids is 1. The summed E-state index contributed by atoms with van der Waals surface area (Å²) in [5.74, 6) is 0.793. The number of benzene rings is 1. The van der Waals surface area contributed by atoms with Crippen LogP contribution in [0.3, 0.4) is 0 Å². The van der Waals surface area contributed by atoms with Gasteiger partial charge in [0.25, 0.3) is 0 Å². The van der Waals surface area contributed by atoms with E-state index in [-0.39, 0.29) is 24.2 Å². The van der Waals surface area contributed by atoms with Gasteiger partial charge in [0, 0.05) is 26.0 Å². The average Bonchev–Trinajstić information content (AvgIpc) is 3.25. The summed E-state index contributed by atoms with van der Waals surface area (Å²) < 4.78 is 7.56. The molecule has 6 heteroatoms. The minimum Gasteiger partial charge on any atom is -0.376 e. The highest BCUT2D eigenvalue weighted by molar-refractivity contribution is 5.75. The minimum absolute atomic E-state index is 0.0229. The average molecular weight is 328 g/mol. The molecular weight excluding hydrogens is 304 g/mol. The number of imidazole rings is 1. The smallest absolute Gasteiger partial charge is 0.315 e. The van der Waals surface area contributed by atoms with Gasteiger partial charge in [0.2, 0.25) is 0 Å². The van der Waals surface area contributed by atoms with Crippen molar-refractivity contribution in [2.45, 2.75) is 38.0 Å². The van der Waals surface area contributed by atoms with Crippen LogP contribution in [0.2, 0.25) is 0 Å². The molecule has 128 valence electrons. The van der Waals surface area contributed by atoms with Crippen LogP contribution in [-0.2, 0) is 11.8 Å². The lowest BCUT2D eigenvalue weighted by atomic mass is 10.1. The topological polar surface area (TPSA) is 68.2 Å². The van der Waals surface area contributed by atoms with Crippen LogP contribution in [0.25, 0.3) is 0 Å². The van der Waals surface area contributed by atoms with Crippen LogP contribution < -0.4 is 10.6 Å². The van der Waals surface area contributed by atoms with Gasteiger partial charge in [0.15, 0.2) is 0 Å². The highest BCUT2D eigenvalue weighted by Crippen LogP contribution is 2.20. The Bertz CT molecular complexity index is 665. The summed E-state index contributed by atoms with van der Waals surface area (Å²) in [5, 5.41) is 6.03. The molecule has 6 nitrogen and oxygen atoms in total. The zero-order valence-electron chi connectivity index (χ0n) is 14.1. The Kier molecular flexibility index (Phi) is 5.15. The predicted molar refractivity (Wildman–Crippen MR) is 91.6 cm³/mol. The maximum atomic E-state index is 12.5. The van der Waals surface area contributed by atoms with Crippen LogP contribution in [0.1, 0.15) is 37.2 Å². The van der Waals surface area contributed by atoms with Crippen molar-refractivity contribution >= 4 is 6.03 Å².